The Labute approximate surface area is 64.9 Å². The summed E-state index contributed by atoms with van der Waals surface area (Å²) in [6.45, 7) is 3.18. The number of nitrogens with one attached hydrogen (secondary N) is 1. The third-order valence-corrected chi connectivity index (χ3v) is 0.910. The third-order valence-electron chi connectivity index (χ3n) is 0.910. The van der Waals surface area contributed by atoms with Crippen LogP contribution in [0.3, 0.4) is 0 Å². The van der Waals surface area contributed by atoms with Crippen LogP contribution in [0.5, 0.6) is 0 Å². The Morgan fingerprint density at radius 2 is 2.09 bits per heavy atom. The van der Waals surface area contributed by atoms with E-state index in [9.17, 15) is 4.79 Å². The van der Waals surface area contributed by atoms with Crippen molar-refractivity contribution in [3.05, 3.63) is 0 Å². The van der Waals surface area contributed by atoms with Crippen LogP contribution in [0, 0.1) is 5.92 Å². The zero-order valence-corrected chi connectivity index (χ0v) is 6.57. The van der Waals surface area contributed by atoms with E-state index in [4.69, 9.17) is 10.2 Å². The molecule has 0 aliphatic carbocycles. The van der Waals surface area contributed by atoms with Gasteiger partial charge in [-0.15, -0.1) is 5.48 Å². The van der Waals surface area contributed by atoms with Gasteiger partial charge in [0.15, 0.2) is 6.29 Å². The molecule has 0 aromatic rings. The first-order chi connectivity index (χ1) is 5.04. The Morgan fingerprint density at radius 3 is 2.45 bits per heavy atom. The number of aliphatic hydroxyl groups is 2. The van der Waals surface area contributed by atoms with Gasteiger partial charge < -0.3 is 15.1 Å². The molecule has 0 saturated carbocycles. The van der Waals surface area contributed by atoms with Gasteiger partial charge in [0, 0.05) is 0 Å². The molecule has 5 heteroatoms. The van der Waals surface area contributed by atoms with Crippen LogP contribution in [0.15, 0.2) is 0 Å². The van der Waals surface area contributed by atoms with Gasteiger partial charge in [0.25, 0.3) is 0 Å². The fraction of sp³-hybridized carbons (Fsp3) is 0.833. The molecular weight excluding hydrogens is 150 g/mol. The molecule has 66 valence electrons. The maximum atomic E-state index is 10.7. The minimum Gasteiger partial charge on any atom is -0.370 e. The number of carbonyl (C=O) groups is 1. The van der Waals surface area contributed by atoms with Crippen molar-refractivity contribution >= 4 is 5.97 Å². The monoisotopic (exact) mass is 163 g/mol. The van der Waals surface area contributed by atoms with Crippen LogP contribution >= 0.6 is 0 Å². The van der Waals surface area contributed by atoms with Crippen LogP contribution in [0.1, 0.15) is 13.8 Å². The molecule has 0 aliphatic rings. The zero-order valence-electron chi connectivity index (χ0n) is 6.57. The number of hydroxylamine groups is 1. The lowest BCUT2D eigenvalue weighted by atomic mass is 10.2. The van der Waals surface area contributed by atoms with E-state index in [1.54, 1.807) is 13.8 Å². The highest BCUT2D eigenvalue weighted by molar-refractivity contribution is 5.71. The summed E-state index contributed by atoms with van der Waals surface area (Å²) in [7, 11) is 0. The minimum atomic E-state index is -1.50. The van der Waals surface area contributed by atoms with E-state index in [-0.39, 0.29) is 12.5 Å². The SMILES string of the molecule is CC(C)C(=O)ONCC(O)O. The standard InChI is InChI=1S/C6H13NO4/c1-4(2)6(10)11-7-3-5(8)9/h4-5,7-9H,3H2,1-2H3. The van der Waals surface area contributed by atoms with Gasteiger partial charge in [0.05, 0.1) is 12.5 Å². The Kier molecular flexibility index (Phi) is 4.76. The van der Waals surface area contributed by atoms with E-state index in [0.717, 1.165) is 0 Å². The first kappa shape index (κ1) is 10.3. The van der Waals surface area contributed by atoms with Gasteiger partial charge in [0.2, 0.25) is 0 Å². The quantitative estimate of drug-likeness (QED) is 0.366. The van der Waals surface area contributed by atoms with Crippen LogP contribution in [0.2, 0.25) is 0 Å². The maximum Gasteiger partial charge on any atom is 0.327 e. The molecule has 11 heavy (non-hydrogen) atoms. The lowest BCUT2D eigenvalue weighted by Crippen LogP contribution is -2.30. The fourth-order valence-electron chi connectivity index (χ4n) is 0.305. The van der Waals surface area contributed by atoms with Crippen LogP contribution in [-0.4, -0.2) is 29.0 Å². The maximum absolute atomic E-state index is 10.7. The normalized spacial score (nSPS) is 10.7. The topological polar surface area (TPSA) is 78.8 Å². The highest BCUT2D eigenvalue weighted by Crippen LogP contribution is 1.92. The zero-order chi connectivity index (χ0) is 8.85. The minimum absolute atomic E-state index is 0.182. The second-order valence-corrected chi connectivity index (χ2v) is 2.40. The second-order valence-electron chi connectivity index (χ2n) is 2.40. The molecule has 0 bridgehead atoms. The molecule has 0 aromatic carbocycles. The molecule has 0 rings (SSSR count). The van der Waals surface area contributed by atoms with Crippen LogP contribution in [0.4, 0.5) is 0 Å². The predicted octanol–water partition coefficient (Wildman–Crippen LogP) is -0.999. The Hall–Kier alpha value is -0.650. The summed E-state index contributed by atoms with van der Waals surface area (Å²) in [4.78, 5) is 15.1. The van der Waals surface area contributed by atoms with Gasteiger partial charge >= 0.3 is 5.97 Å². The van der Waals surface area contributed by atoms with Crippen molar-refractivity contribution in [1.29, 1.82) is 0 Å². The molecular formula is C6H13NO4. The summed E-state index contributed by atoms with van der Waals surface area (Å²) in [6, 6.07) is 0. The average Bonchev–Trinajstić information content (AvgIpc) is 1.86. The number of rotatable bonds is 4. The third kappa shape index (κ3) is 5.78. The molecule has 3 N–H and O–H groups in total. The van der Waals surface area contributed by atoms with E-state index >= 15 is 0 Å². The average molecular weight is 163 g/mol. The number of aliphatic hydroxyl groups excluding tert-OH is 1. The number of hydrogen-bond acceptors (Lipinski definition) is 5. The molecule has 0 aliphatic heterocycles. The van der Waals surface area contributed by atoms with E-state index in [0.29, 0.717) is 0 Å². The summed E-state index contributed by atoms with van der Waals surface area (Å²) < 4.78 is 0. The highest BCUT2D eigenvalue weighted by atomic mass is 16.7. The van der Waals surface area contributed by atoms with Gasteiger partial charge in [0.1, 0.15) is 0 Å². The highest BCUT2D eigenvalue weighted by Gasteiger charge is 2.08. The molecule has 0 unspecified atom stereocenters. The summed E-state index contributed by atoms with van der Waals surface area (Å²) in [5, 5.41) is 16.6. The first-order valence-corrected chi connectivity index (χ1v) is 3.33. The number of carbonyl (C=O) groups excluding carboxylic acids is 1. The van der Waals surface area contributed by atoms with E-state index < -0.39 is 12.3 Å². The Bertz CT molecular complexity index is 124. The van der Waals surface area contributed by atoms with Crippen molar-refractivity contribution in [3.8, 4) is 0 Å². The Balaban J connectivity index is 3.32. The lowest BCUT2D eigenvalue weighted by molar-refractivity contribution is -0.158. The van der Waals surface area contributed by atoms with Crippen molar-refractivity contribution in [3.63, 3.8) is 0 Å². The largest absolute Gasteiger partial charge is 0.370 e. The summed E-state index contributed by atoms with van der Waals surface area (Å²) in [5.74, 6) is -0.649. The van der Waals surface area contributed by atoms with Crippen LogP contribution in [-0.2, 0) is 9.63 Å². The number of hydrogen-bond donors (Lipinski definition) is 3. The lowest BCUT2D eigenvalue weighted by Gasteiger charge is -2.07. The predicted molar refractivity (Wildman–Crippen MR) is 37.2 cm³/mol. The van der Waals surface area contributed by atoms with Crippen LogP contribution in [0.25, 0.3) is 0 Å². The molecule has 0 saturated heterocycles. The van der Waals surface area contributed by atoms with E-state index in [1.165, 1.54) is 0 Å². The van der Waals surface area contributed by atoms with Gasteiger partial charge in [-0.25, -0.2) is 0 Å². The molecule has 0 spiro atoms. The molecule has 5 nitrogen and oxygen atoms in total. The van der Waals surface area contributed by atoms with Gasteiger partial charge in [-0.1, -0.05) is 13.8 Å². The summed E-state index contributed by atoms with van der Waals surface area (Å²) in [5.41, 5.74) is 2.12. The Morgan fingerprint density at radius 1 is 1.55 bits per heavy atom. The van der Waals surface area contributed by atoms with E-state index in [2.05, 4.69) is 10.3 Å². The first-order valence-electron chi connectivity index (χ1n) is 3.33. The molecule has 0 fully saturated rings. The molecule has 0 atom stereocenters. The van der Waals surface area contributed by atoms with Crippen molar-refractivity contribution in [2.45, 2.75) is 20.1 Å². The molecule has 0 amide bonds. The van der Waals surface area contributed by atoms with Crippen molar-refractivity contribution in [2.24, 2.45) is 5.92 Å². The summed E-state index contributed by atoms with van der Waals surface area (Å²) >= 11 is 0. The molecule has 0 radical (unpaired) electrons. The fourth-order valence-corrected chi connectivity index (χ4v) is 0.305. The van der Waals surface area contributed by atoms with Crippen LogP contribution < -0.4 is 5.48 Å². The molecule has 0 heterocycles. The summed E-state index contributed by atoms with van der Waals surface area (Å²) in [6.07, 6.45) is -1.50. The van der Waals surface area contributed by atoms with E-state index in [1.807, 2.05) is 0 Å². The van der Waals surface area contributed by atoms with Gasteiger partial charge in [-0.3, -0.25) is 4.79 Å². The van der Waals surface area contributed by atoms with Crippen molar-refractivity contribution in [2.75, 3.05) is 6.54 Å². The molecule has 0 aromatic heterocycles. The second kappa shape index (κ2) is 5.06. The van der Waals surface area contributed by atoms with Gasteiger partial charge in [-0.05, 0) is 0 Å². The van der Waals surface area contributed by atoms with Crippen molar-refractivity contribution in [1.82, 2.24) is 5.48 Å². The van der Waals surface area contributed by atoms with Crippen molar-refractivity contribution < 1.29 is 19.8 Å². The smallest absolute Gasteiger partial charge is 0.327 e. The van der Waals surface area contributed by atoms with Gasteiger partial charge in [-0.2, -0.15) is 0 Å².